The van der Waals surface area contributed by atoms with E-state index in [2.05, 4.69) is 40.2 Å². The second kappa shape index (κ2) is 5.51. The Balaban J connectivity index is 2.33. The Labute approximate surface area is 94.0 Å². The van der Waals surface area contributed by atoms with Gasteiger partial charge in [0, 0.05) is 31.2 Å². The number of alkyl halides is 1. The fraction of sp³-hybridized carbons (Fsp3) is 0.700. The molecule has 1 rings (SSSR count). The van der Waals surface area contributed by atoms with Gasteiger partial charge in [0.25, 0.3) is 0 Å². The van der Waals surface area contributed by atoms with Crippen molar-refractivity contribution >= 4 is 15.9 Å². The highest BCUT2D eigenvalue weighted by Gasteiger charge is 2.10. The van der Waals surface area contributed by atoms with Gasteiger partial charge in [0.1, 0.15) is 0 Å². The van der Waals surface area contributed by atoms with Gasteiger partial charge in [-0.05, 0) is 18.9 Å². The van der Waals surface area contributed by atoms with Gasteiger partial charge in [-0.25, -0.2) is 0 Å². The van der Waals surface area contributed by atoms with Crippen molar-refractivity contribution in [2.45, 2.75) is 26.4 Å². The molecule has 14 heavy (non-hydrogen) atoms. The zero-order valence-corrected chi connectivity index (χ0v) is 10.6. The maximum absolute atomic E-state index is 4.31. The van der Waals surface area contributed by atoms with Crippen molar-refractivity contribution in [1.82, 2.24) is 15.1 Å². The van der Waals surface area contributed by atoms with Gasteiger partial charge in [0.2, 0.25) is 0 Å². The van der Waals surface area contributed by atoms with Gasteiger partial charge in [-0.3, -0.25) is 4.68 Å². The van der Waals surface area contributed by atoms with E-state index in [1.807, 2.05) is 24.0 Å². The highest BCUT2D eigenvalue weighted by Crippen LogP contribution is 2.06. The molecule has 0 amide bonds. The Bertz CT molecular complexity index is 272. The standard InChI is InChI=1S/C10H18BrN3/c1-8(6-11)9(2)12-7-10-4-5-14(3)13-10/h4-5,8-9,12H,6-7H2,1-3H3. The van der Waals surface area contributed by atoms with E-state index < -0.39 is 0 Å². The fourth-order valence-electron chi connectivity index (χ4n) is 1.16. The molecule has 0 bridgehead atoms. The molecule has 1 aromatic heterocycles. The van der Waals surface area contributed by atoms with Crippen molar-refractivity contribution in [3.8, 4) is 0 Å². The number of hydrogen-bond donors (Lipinski definition) is 1. The van der Waals surface area contributed by atoms with Gasteiger partial charge in [-0.15, -0.1) is 0 Å². The molecule has 2 unspecified atom stereocenters. The third-order valence-electron chi connectivity index (χ3n) is 2.47. The second-order valence-corrected chi connectivity index (χ2v) is 4.43. The lowest BCUT2D eigenvalue weighted by Crippen LogP contribution is -2.32. The normalized spacial score (nSPS) is 15.4. The molecule has 0 radical (unpaired) electrons. The number of aromatic nitrogens is 2. The summed E-state index contributed by atoms with van der Waals surface area (Å²) in [6.07, 6.45) is 1.97. The van der Waals surface area contributed by atoms with E-state index in [1.165, 1.54) is 0 Å². The zero-order chi connectivity index (χ0) is 10.6. The van der Waals surface area contributed by atoms with Crippen LogP contribution < -0.4 is 5.32 Å². The van der Waals surface area contributed by atoms with Crippen molar-refractivity contribution in [2.24, 2.45) is 13.0 Å². The van der Waals surface area contributed by atoms with Gasteiger partial charge >= 0.3 is 0 Å². The Morgan fingerprint density at radius 1 is 1.57 bits per heavy atom. The van der Waals surface area contributed by atoms with Crippen molar-refractivity contribution < 1.29 is 0 Å². The molecule has 0 aromatic carbocycles. The maximum Gasteiger partial charge on any atom is 0.0762 e. The lowest BCUT2D eigenvalue weighted by atomic mass is 10.1. The molecule has 0 saturated carbocycles. The summed E-state index contributed by atoms with van der Waals surface area (Å²) in [5, 5.41) is 8.80. The molecule has 1 aromatic rings. The largest absolute Gasteiger partial charge is 0.308 e. The SMILES string of the molecule is CC(CBr)C(C)NCc1ccn(C)n1. The molecule has 1 heterocycles. The van der Waals surface area contributed by atoms with Crippen LogP contribution in [0, 0.1) is 5.92 Å². The molecule has 2 atom stereocenters. The highest BCUT2D eigenvalue weighted by molar-refractivity contribution is 9.09. The Morgan fingerprint density at radius 2 is 2.29 bits per heavy atom. The highest BCUT2D eigenvalue weighted by atomic mass is 79.9. The molecular weight excluding hydrogens is 242 g/mol. The number of nitrogens with one attached hydrogen (secondary N) is 1. The summed E-state index contributed by atoms with van der Waals surface area (Å²) in [5.41, 5.74) is 1.10. The molecule has 0 aliphatic heterocycles. The van der Waals surface area contributed by atoms with Crippen LogP contribution in [0.2, 0.25) is 0 Å². The third kappa shape index (κ3) is 3.42. The zero-order valence-electron chi connectivity index (χ0n) is 9.00. The first-order valence-electron chi connectivity index (χ1n) is 4.91. The van der Waals surface area contributed by atoms with Crippen LogP contribution in [0.15, 0.2) is 12.3 Å². The summed E-state index contributed by atoms with van der Waals surface area (Å²) >= 11 is 3.49. The summed E-state index contributed by atoms with van der Waals surface area (Å²) in [6.45, 7) is 5.28. The minimum atomic E-state index is 0.511. The Morgan fingerprint density at radius 3 is 2.79 bits per heavy atom. The van der Waals surface area contributed by atoms with Crippen LogP contribution in [0.3, 0.4) is 0 Å². The average molecular weight is 260 g/mol. The first-order valence-corrected chi connectivity index (χ1v) is 6.03. The molecular formula is C10H18BrN3. The average Bonchev–Trinajstić information content (AvgIpc) is 2.59. The summed E-state index contributed by atoms with van der Waals surface area (Å²) in [6, 6.07) is 2.55. The monoisotopic (exact) mass is 259 g/mol. The van der Waals surface area contributed by atoms with Gasteiger partial charge in [-0.2, -0.15) is 5.10 Å². The Hall–Kier alpha value is -0.350. The molecule has 0 saturated heterocycles. The first kappa shape index (κ1) is 11.7. The number of rotatable bonds is 5. The number of aryl methyl sites for hydroxylation is 1. The van der Waals surface area contributed by atoms with Crippen LogP contribution in [-0.2, 0) is 13.6 Å². The van der Waals surface area contributed by atoms with Crippen LogP contribution in [0.4, 0.5) is 0 Å². The topological polar surface area (TPSA) is 29.9 Å². The molecule has 80 valence electrons. The van der Waals surface area contributed by atoms with E-state index in [4.69, 9.17) is 0 Å². The van der Waals surface area contributed by atoms with Gasteiger partial charge < -0.3 is 5.32 Å². The molecule has 0 fully saturated rings. The van der Waals surface area contributed by atoms with Crippen molar-refractivity contribution in [3.05, 3.63) is 18.0 Å². The van der Waals surface area contributed by atoms with E-state index in [-0.39, 0.29) is 0 Å². The van der Waals surface area contributed by atoms with Crippen molar-refractivity contribution in [3.63, 3.8) is 0 Å². The van der Waals surface area contributed by atoms with Gasteiger partial charge in [-0.1, -0.05) is 22.9 Å². The predicted octanol–water partition coefficient (Wildman–Crippen LogP) is 1.93. The molecule has 0 aliphatic rings. The minimum absolute atomic E-state index is 0.511. The van der Waals surface area contributed by atoms with E-state index in [0.717, 1.165) is 17.6 Å². The quantitative estimate of drug-likeness (QED) is 0.820. The fourth-order valence-corrected chi connectivity index (χ4v) is 1.72. The predicted molar refractivity (Wildman–Crippen MR) is 62.5 cm³/mol. The van der Waals surface area contributed by atoms with Crippen LogP contribution in [0.1, 0.15) is 19.5 Å². The summed E-state index contributed by atoms with van der Waals surface area (Å²) in [5.74, 6) is 0.638. The lowest BCUT2D eigenvalue weighted by molar-refractivity contribution is 0.430. The minimum Gasteiger partial charge on any atom is -0.308 e. The number of nitrogens with zero attached hydrogens (tertiary/aromatic N) is 2. The van der Waals surface area contributed by atoms with E-state index >= 15 is 0 Å². The van der Waals surface area contributed by atoms with E-state index in [0.29, 0.717) is 12.0 Å². The lowest BCUT2D eigenvalue weighted by Gasteiger charge is -2.18. The molecule has 3 nitrogen and oxygen atoms in total. The maximum atomic E-state index is 4.31. The molecule has 1 N–H and O–H groups in total. The Kier molecular flexibility index (Phi) is 4.62. The summed E-state index contributed by atoms with van der Waals surface area (Å²) in [4.78, 5) is 0. The first-order chi connectivity index (χ1) is 6.63. The van der Waals surface area contributed by atoms with Gasteiger partial charge in [0.05, 0.1) is 5.69 Å². The van der Waals surface area contributed by atoms with Crippen LogP contribution >= 0.6 is 15.9 Å². The van der Waals surface area contributed by atoms with E-state index in [1.54, 1.807) is 0 Å². The molecule has 0 spiro atoms. The second-order valence-electron chi connectivity index (χ2n) is 3.78. The summed E-state index contributed by atoms with van der Waals surface area (Å²) in [7, 11) is 1.94. The smallest absolute Gasteiger partial charge is 0.0762 e. The summed E-state index contributed by atoms with van der Waals surface area (Å²) < 4.78 is 1.83. The van der Waals surface area contributed by atoms with Crippen LogP contribution in [0.5, 0.6) is 0 Å². The number of hydrogen-bond acceptors (Lipinski definition) is 2. The van der Waals surface area contributed by atoms with Crippen molar-refractivity contribution in [1.29, 1.82) is 0 Å². The molecule has 0 aliphatic carbocycles. The van der Waals surface area contributed by atoms with Crippen LogP contribution in [0.25, 0.3) is 0 Å². The van der Waals surface area contributed by atoms with Gasteiger partial charge in [0.15, 0.2) is 0 Å². The molecule has 4 heteroatoms. The van der Waals surface area contributed by atoms with Crippen molar-refractivity contribution in [2.75, 3.05) is 5.33 Å². The van der Waals surface area contributed by atoms with Crippen LogP contribution in [-0.4, -0.2) is 21.2 Å². The van der Waals surface area contributed by atoms with E-state index in [9.17, 15) is 0 Å². The number of halogens is 1. The third-order valence-corrected chi connectivity index (χ3v) is 3.49.